The molecule has 2 heterocycles. The van der Waals surface area contributed by atoms with Gasteiger partial charge in [0, 0.05) is 24.3 Å². The van der Waals surface area contributed by atoms with Crippen LogP contribution in [0.5, 0.6) is 0 Å². The van der Waals surface area contributed by atoms with E-state index >= 15 is 0 Å². The Balaban J connectivity index is 1.51. The molecule has 0 radical (unpaired) electrons. The van der Waals surface area contributed by atoms with Crippen LogP contribution in [0.3, 0.4) is 0 Å². The lowest BCUT2D eigenvalue weighted by Gasteiger charge is -2.28. The molecule has 4 nitrogen and oxygen atoms in total. The van der Waals surface area contributed by atoms with Gasteiger partial charge in [-0.05, 0) is 68.6 Å². The molecule has 2 aliphatic rings. The van der Waals surface area contributed by atoms with Crippen molar-refractivity contribution >= 4 is 22.9 Å². The second-order valence-electron chi connectivity index (χ2n) is 7.41. The third kappa shape index (κ3) is 3.09. The summed E-state index contributed by atoms with van der Waals surface area (Å²) in [5, 5.41) is 8.98. The maximum atomic E-state index is 4.52. The molecular formula is C21H25N4+. The average Bonchev–Trinajstić information content (AvgIpc) is 2.92. The standard InChI is InChI=1S/C21H24N4/c1-21(2)18-8-4-5-9-19(18)22-20(21)24-23-16-10-12-17(13-11-16)25-14-6-3-7-15-25/h4-5,8-13H,3,6-7,14-15H2,1-2H3/p+1. The number of hydrogen-bond acceptors (Lipinski definition) is 3. The highest BCUT2D eigenvalue weighted by molar-refractivity contribution is 5.92. The van der Waals surface area contributed by atoms with Gasteiger partial charge in [0.1, 0.15) is 16.8 Å². The van der Waals surface area contributed by atoms with Gasteiger partial charge in [0.15, 0.2) is 0 Å². The van der Waals surface area contributed by atoms with Gasteiger partial charge in [0.25, 0.3) is 0 Å². The van der Waals surface area contributed by atoms with Crippen molar-refractivity contribution in [1.82, 2.24) is 0 Å². The van der Waals surface area contributed by atoms with Crippen LogP contribution in [0, 0.1) is 0 Å². The summed E-state index contributed by atoms with van der Waals surface area (Å²) in [4.78, 5) is 5.86. The van der Waals surface area contributed by atoms with Gasteiger partial charge in [-0.3, -0.25) is 0 Å². The first-order valence-electron chi connectivity index (χ1n) is 9.15. The highest BCUT2D eigenvalue weighted by Gasteiger charge is 2.41. The molecule has 4 rings (SSSR count). The van der Waals surface area contributed by atoms with E-state index in [4.69, 9.17) is 0 Å². The molecule has 1 fully saturated rings. The molecule has 0 atom stereocenters. The quantitative estimate of drug-likeness (QED) is 0.833. The van der Waals surface area contributed by atoms with E-state index in [0.29, 0.717) is 0 Å². The number of hydrogen-bond donors (Lipinski definition) is 1. The normalized spacial score (nSPS) is 19.1. The summed E-state index contributed by atoms with van der Waals surface area (Å²) in [7, 11) is 0. The number of para-hydroxylation sites is 1. The number of anilines is 1. The van der Waals surface area contributed by atoms with Crippen molar-refractivity contribution in [3.63, 3.8) is 0 Å². The van der Waals surface area contributed by atoms with Gasteiger partial charge in [-0.15, -0.1) is 0 Å². The van der Waals surface area contributed by atoms with Gasteiger partial charge in [-0.2, -0.15) is 0 Å². The summed E-state index contributed by atoms with van der Waals surface area (Å²) in [5.74, 6) is 0.897. The molecule has 2 aliphatic heterocycles. The highest BCUT2D eigenvalue weighted by atomic mass is 15.2. The number of nitrogens with one attached hydrogen (secondary N) is 1. The lowest BCUT2D eigenvalue weighted by molar-refractivity contribution is -0.352. The zero-order chi connectivity index (χ0) is 17.3. The molecule has 0 aliphatic carbocycles. The molecule has 0 amide bonds. The van der Waals surface area contributed by atoms with Crippen molar-refractivity contribution in [2.45, 2.75) is 38.5 Å². The number of rotatable bonds is 2. The second-order valence-corrected chi connectivity index (χ2v) is 7.41. The van der Waals surface area contributed by atoms with Gasteiger partial charge in [0.2, 0.25) is 0 Å². The SMILES string of the molecule is CC1(C)C(N=Nc2ccc(N3CCCCC3)cc2)=[NH+]c2ccccc21. The predicted molar refractivity (Wildman–Crippen MR) is 102 cm³/mol. The number of amidine groups is 1. The van der Waals surface area contributed by atoms with Crippen LogP contribution in [-0.2, 0) is 5.41 Å². The molecule has 0 saturated carbocycles. The number of azo groups is 1. The highest BCUT2D eigenvalue weighted by Crippen LogP contribution is 2.32. The molecule has 128 valence electrons. The minimum absolute atomic E-state index is 0.145. The molecule has 4 heteroatoms. The number of benzene rings is 2. The summed E-state index contributed by atoms with van der Waals surface area (Å²) in [6.45, 7) is 6.68. The van der Waals surface area contributed by atoms with Gasteiger partial charge >= 0.3 is 5.84 Å². The topological polar surface area (TPSA) is 41.9 Å². The monoisotopic (exact) mass is 333 g/mol. The van der Waals surface area contributed by atoms with Gasteiger partial charge in [0.05, 0.1) is 5.11 Å². The van der Waals surface area contributed by atoms with Gasteiger partial charge < -0.3 is 4.90 Å². The smallest absolute Gasteiger partial charge is 0.334 e. The van der Waals surface area contributed by atoms with Crippen molar-refractivity contribution in [3.8, 4) is 0 Å². The fourth-order valence-electron chi connectivity index (χ4n) is 3.69. The molecule has 2 aromatic rings. The minimum atomic E-state index is -0.145. The number of piperidine rings is 1. The Morgan fingerprint density at radius 1 is 0.880 bits per heavy atom. The van der Waals surface area contributed by atoms with E-state index in [2.05, 4.69) is 76.4 Å². The van der Waals surface area contributed by atoms with Crippen LogP contribution in [-0.4, -0.2) is 18.9 Å². The van der Waals surface area contributed by atoms with Gasteiger partial charge in [-0.1, -0.05) is 18.2 Å². The van der Waals surface area contributed by atoms with Crippen molar-refractivity contribution in [2.75, 3.05) is 18.0 Å². The van der Waals surface area contributed by atoms with E-state index in [1.54, 1.807) is 0 Å². The predicted octanol–water partition coefficient (Wildman–Crippen LogP) is 3.86. The zero-order valence-electron chi connectivity index (χ0n) is 15.0. The Bertz CT molecular complexity index is 812. The van der Waals surface area contributed by atoms with Crippen LogP contribution in [0.25, 0.3) is 0 Å². The minimum Gasteiger partial charge on any atom is -0.372 e. The lowest BCUT2D eigenvalue weighted by atomic mass is 9.85. The Labute approximate surface area is 149 Å². The van der Waals surface area contributed by atoms with E-state index in [1.807, 2.05) is 6.07 Å². The number of fused-ring (bicyclic) bond motifs is 1. The van der Waals surface area contributed by atoms with Crippen molar-refractivity contribution in [3.05, 3.63) is 54.1 Å². The zero-order valence-corrected chi connectivity index (χ0v) is 15.0. The van der Waals surface area contributed by atoms with Gasteiger partial charge in [-0.25, -0.2) is 4.99 Å². The van der Waals surface area contributed by atoms with E-state index in [9.17, 15) is 0 Å². The summed E-state index contributed by atoms with van der Waals surface area (Å²) in [5.41, 5.74) is 4.43. The first-order valence-corrected chi connectivity index (χ1v) is 9.15. The lowest BCUT2D eigenvalue weighted by Crippen LogP contribution is -2.65. The van der Waals surface area contributed by atoms with Crippen LogP contribution in [0.2, 0.25) is 0 Å². The Hall–Kier alpha value is -2.49. The molecule has 1 N–H and O–H groups in total. The molecule has 0 bridgehead atoms. The first-order chi connectivity index (χ1) is 12.1. The molecule has 1 saturated heterocycles. The molecule has 0 aromatic heterocycles. The van der Waals surface area contributed by atoms with Crippen LogP contribution in [0.4, 0.5) is 17.1 Å². The van der Waals surface area contributed by atoms with Crippen LogP contribution in [0.1, 0.15) is 38.7 Å². The maximum Gasteiger partial charge on any atom is 0.334 e. The van der Waals surface area contributed by atoms with Crippen LogP contribution < -0.4 is 9.89 Å². The van der Waals surface area contributed by atoms with Crippen LogP contribution >= 0.6 is 0 Å². The Morgan fingerprint density at radius 3 is 2.32 bits per heavy atom. The van der Waals surface area contributed by atoms with Crippen molar-refractivity contribution in [2.24, 2.45) is 10.2 Å². The summed E-state index contributed by atoms with van der Waals surface area (Å²) < 4.78 is 0. The van der Waals surface area contributed by atoms with Crippen molar-refractivity contribution in [1.29, 1.82) is 0 Å². The summed E-state index contributed by atoms with van der Waals surface area (Å²) >= 11 is 0. The van der Waals surface area contributed by atoms with Crippen LogP contribution in [0.15, 0.2) is 58.8 Å². The Kier molecular flexibility index (Phi) is 4.12. The molecule has 0 unspecified atom stereocenters. The van der Waals surface area contributed by atoms with E-state index in [1.165, 1.54) is 30.5 Å². The van der Waals surface area contributed by atoms with Crippen molar-refractivity contribution < 1.29 is 4.99 Å². The fraction of sp³-hybridized carbons (Fsp3) is 0.381. The maximum absolute atomic E-state index is 4.52. The third-order valence-electron chi connectivity index (χ3n) is 5.28. The largest absolute Gasteiger partial charge is 0.372 e. The number of nitrogens with zero attached hydrogens (tertiary/aromatic N) is 3. The van der Waals surface area contributed by atoms with E-state index in [-0.39, 0.29) is 5.41 Å². The molecule has 0 spiro atoms. The molecular weight excluding hydrogens is 308 g/mol. The van der Waals surface area contributed by atoms with E-state index < -0.39 is 0 Å². The summed E-state index contributed by atoms with van der Waals surface area (Å²) in [6.07, 6.45) is 3.94. The molecule has 25 heavy (non-hydrogen) atoms. The Morgan fingerprint density at radius 2 is 1.60 bits per heavy atom. The first kappa shape index (κ1) is 16.0. The summed E-state index contributed by atoms with van der Waals surface area (Å²) in [6, 6.07) is 16.8. The van der Waals surface area contributed by atoms with E-state index in [0.717, 1.165) is 30.3 Å². The third-order valence-corrected chi connectivity index (χ3v) is 5.28. The molecule has 2 aromatic carbocycles. The average molecular weight is 333 g/mol. The second kappa shape index (κ2) is 6.43. The fourth-order valence-corrected chi connectivity index (χ4v) is 3.69.